The van der Waals surface area contributed by atoms with Crippen LogP contribution in [0.15, 0.2) is 61.1 Å². The molecule has 0 atom stereocenters. The van der Waals surface area contributed by atoms with E-state index in [2.05, 4.69) is 53.3 Å². The van der Waals surface area contributed by atoms with Crippen LogP contribution in [0.4, 0.5) is 17.6 Å². The summed E-state index contributed by atoms with van der Waals surface area (Å²) in [4.78, 5) is 25.8. The number of hydrogen-bond donors (Lipinski definition) is 2. The quantitative estimate of drug-likeness (QED) is 0.545. The van der Waals surface area contributed by atoms with Gasteiger partial charge in [0.1, 0.15) is 17.7 Å². The normalized spacial score (nSPS) is 14.3. The van der Waals surface area contributed by atoms with Crippen LogP contribution < -0.4 is 15.1 Å². The van der Waals surface area contributed by atoms with Gasteiger partial charge in [-0.2, -0.15) is 4.98 Å². The molecule has 8 heteroatoms. The molecule has 1 saturated heterocycles. The summed E-state index contributed by atoms with van der Waals surface area (Å²) in [6.45, 7) is 4.25. The molecule has 5 rings (SSSR count). The van der Waals surface area contributed by atoms with Gasteiger partial charge in [-0.15, -0.1) is 0 Å². The number of nitrogens with one attached hydrogen (secondary N) is 2. The van der Waals surface area contributed by atoms with Crippen molar-refractivity contribution in [3.05, 3.63) is 66.6 Å². The van der Waals surface area contributed by atoms with Gasteiger partial charge in [-0.3, -0.25) is 0 Å². The van der Waals surface area contributed by atoms with Gasteiger partial charge < -0.3 is 20.1 Å². The van der Waals surface area contributed by atoms with Crippen molar-refractivity contribution in [1.29, 1.82) is 0 Å². The fourth-order valence-corrected chi connectivity index (χ4v) is 3.57. The van der Waals surface area contributed by atoms with E-state index in [9.17, 15) is 0 Å². The first-order valence-electron chi connectivity index (χ1n) is 9.76. The predicted molar refractivity (Wildman–Crippen MR) is 114 cm³/mol. The van der Waals surface area contributed by atoms with Gasteiger partial charge in [-0.1, -0.05) is 36.4 Å². The number of anilines is 3. The Morgan fingerprint density at radius 2 is 1.66 bits per heavy atom. The maximum atomic E-state index is 4.69. The Morgan fingerprint density at radius 1 is 0.862 bits per heavy atom. The lowest BCUT2D eigenvalue weighted by Gasteiger charge is -2.35. The summed E-state index contributed by atoms with van der Waals surface area (Å²) in [5.74, 6) is 2.63. The van der Waals surface area contributed by atoms with Crippen molar-refractivity contribution in [2.45, 2.75) is 6.54 Å². The minimum atomic E-state index is 0.678. The molecule has 4 aromatic rings. The first-order chi connectivity index (χ1) is 14.4. The predicted octanol–water partition coefficient (Wildman–Crippen LogP) is 2.69. The third-order valence-corrected chi connectivity index (χ3v) is 5.13. The van der Waals surface area contributed by atoms with E-state index in [4.69, 9.17) is 4.98 Å². The van der Waals surface area contributed by atoms with Gasteiger partial charge in [-0.25, -0.2) is 15.0 Å². The first-order valence-corrected chi connectivity index (χ1v) is 9.76. The molecule has 0 spiro atoms. The molecule has 3 aromatic heterocycles. The van der Waals surface area contributed by atoms with Crippen molar-refractivity contribution < 1.29 is 0 Å². The number of aromatic nitrogens is 5. The van der Waals surface area contributed by atoms with Crippen molar-refractivity contribution in [1.82, 2.24) is 24.9 Å². The van der Waals surface area contributed by atoms with Crippen molar-refractivity contribution in [2.75, 3.05) is 41.3 Å². The van der Waals surface area contributed by atoms with Crippen LogP contribution in [0.25, 0.3) is 11.2 Å². The Balaban J connectivity index is 1.30. The van der Waals surface area contributed by atoms with Crippen LogP contribution >= 0.6 is 0 Å². The summed E-state index contributed by atoms with van der Waals surface area (Å²) in [7, 11) is 0. The Bertz CT molecular complexity index is 1070. The average Bonchev–Trinajstić information content (AvgIpc) is 3.24. The van der Waals surface area contributed by atoms with E-state index in [1.165, 1.54) is 5.56 Å². The Labute approximate surface area is 168 Å². The second kappa shape index (κ2) is 7.75. The molecule has 0 saturated carbocycles. The molecule has 8 nitrogen and oxygen atoms in total. The number of fused-ring (bicyclic) bond motifs is 1. The van der Waals surface area contributed by atoms with Gasteiger partial charge in [-0.05, 0) is 17.7 Å². The fraction of sp³-hybridized carbons (Fsp3) is 0.238. The third kappa shape index (κ3) is 3.69. The number of aromatic amines is 1. The van der Waals surface area contributed by atoms with Crippen molar-refractivity contribution >= 4 is 28.7 Å². The topological polar surface area (TPSA) is 85.9 Å². The van der Waals surface area contributed by atoms with Gasteiger partial charge in [0, 0.05) is 38.9 Å². The monoisotopic (exact) mass is 386 g/mol. The largest absolute Gasteiger partial charge is 0.364 e. The third-order valence-electron chi connectivity index (χ3n) is 5.13. The summed E-state index contributed by atoms with van der Waals surface area (Å²) in [6.07, 6.45) is 3.39. The molecule has 2 N–H and O–H groups in total. The molecular formula is C21H22N8. The van der Waals surface area contributed by atoms with E-state index < -0.39 is 0 Å². The van der Waals surface area contributed by atoms with Crippen molar-refractivity contribution in [2.24, 2.45) is 0 Å². The molecular weight excluding hydrogens is 364 g/mol. The highest BCUT2D eigenvalue weighted by molar-refractivity contribution is 5.84. The summed E-state index contributed by atoms with van der Waals surface area (Å²) in [5, 5.41) is 3.39. The van der Waals surface area contributed by atoms with Crippen LogP contribution in [0.5, 0.6) is 0 Å². The SMILES string of the molecule is c1ccc(CNc2ncnc3nc(N4CCN(c5ccccn5)CC4)[nH]c23)cc1. The summed E-state index contributed by atoms with van der Waals surface area (Å²) < 4.78 is 0. The van der Waals surface area contributed by atoms with E-state index in [1.54, 1.807) is 6.33 Å². The minimum absolute atomic E-state index is 0.678. The van der Waals surface area contributed by atoms with Gasteiger partial charge in [0.05, 0.1) is 0 Å². The summed E-state index contributed by atoms with van der Waals surface area (Å²) in [5.41, 5.74) is 2.72. The van der Waals surface area contributed by atoms with Gasteiger partial charge >= 0.3 is 0 Å². The molecule has 0 amide bonds. The lowest BCUT2D eigenvalue weighted by molar-refractivity contribution is 0.638. The first kappa shape index (κ1) is 17.4. The number of benzene rings is 1. The van der Waals surface area contributed by atoms with Gasteiger partial charge in [0.2, 0.25) is 5.95 Å². The van der Waals surface area contributed by atoms with Crippen LogP contribution in [-0.2, 0) is 6.54 Å². The highest BCUT2D eigenvalue weighted by Gasteiger charge is 2.21. The van der Waals surface area contributed by atoms with E-state index >= 15 is 0 Å². The smallest absolute Gasteiger partial charge is 0.205 e. The molecule has 29 heavy (non-hydrogen) atoms. The zero-order chi connectivity index (χ0) is 19.5. The Kier molecular flexibility index (Phi) is 4.65. The average molecular weight is 386 g/mol. The standard InChI is InChI=1S/C21H22N8/c1-2-6-16(7-3-1)14-23-19-18-20(25-15-24-19)27-21(26-18)29-12-10-28(11-13-29)17-8-4-5-9-22-17/h1-9,15H,10-14H2,(H2,23,24,25,26,27). The molecule has 146 valence electrons. The second-order valence-corrected chi connectivity index (χ2v) is 6.98. The van der Waals surface area contributed by atoms with Crippen molar-refractivity contribution in [3.8, 4) is 0 Å². The molecule has 1 fully saturated rings. The molecule has 4 heterocycles. The maximum Gasteiger partial charge on any atom is 0.205 e. The second-order valence-electron chi connectivity index (χ2n) is 6.98. The number of pyridine rings is 1. The fourth-order valence-electron chi connectivity index (χ4n) is 3.57. The van der Waals surface area contributed by atoms with Crippen LogP contribution in [-0.4, -0.2) is 51.1 Å². The highest BCUT2D eigenvalue weighted by Crippen LogP contribution is 2.23. The highest BCUT2D eigenvalue weighted by atomic mass is 15.3. The van der Waals surface area contributed by atoms with Crippen molar-refractivity contribution in [3.63, 3.8) is 0 Å². The molecule has 0 aliphatic carbocycles. The summed E-state index contributed by atoms with van der Waals surface area (Å²) >= 11 is 0. The van der Waals surface area contributed by atoms with Crippen LogP contribution in [0.3, 0.4) is 0 Å². The molecule has 1 aromatic carbocycles. The lowest BCUT2D eigenvalue weighted by Crippen LogP contribution is -2.47. The molecule has 0 unspecified atom stereocenters. The molecule has 0 radical (unpaired) electrons. The number of nitrogens with zero attached hydrogens (tertiary/aromatic N) is 6. The van der Waals surface area contributed by atoms with E-state index in [1.807, 2.05) is 36.5 Å². The Morgan fingerprint density at radius 3 is 2.45 bits per heavy atom. The summed E-state index contributed by atoms with van der Waals surface area (Å²) in [6, 6.07) is 16.3. The number of hydrogen-bond acceptors (Lipinski definition) is 7. The lowest BCUT2D eigenvalue weighted by atomic mass is 10.2. The van der Waals surface area contributed by atoms with Gasteiger partial charge in [0.15, 0.2) is 11.5 Å². The zero-order valence-electron chi connectivity index (χ0n) is 16.0. The Hall–Kier alpha value is -3.68. The number of H-pyrrole nitrogens is 1. The van der Waals surface area contributed by atoms with Crippen LogP contribution in [0.1, 0.15) is 5.56 Å². The number of imidazole rings is 1. The van der Waals surface area contributed by atoms with E-state index in [0.29, 0.717) is 12.2 Å². The number of piperazine rings is 1. The number of rotatable bonds is 5. The van der Waals surface area contributed by atoms with Gasteiger partial charge in [0.25, 0.3) is 0 Å². The molecule has 0 bridgehead atoms. The van der Waals surface area contributed by atoms with Crippen LogP contribution in [0.2, 0.25) is 0 Å². The molecule has 1 aliphatic heterocycles. The zero-order valence-corrected chi connectivity index (χ0v) is 16.0. The minimum Gasteiger partial charge on any atom is -0.364 e. The molecule has 1 aliphatic rings. The van der Waals surface area contributed by atoms with Crippen LogP contribution in [0, 0.1) is 0 Å². The van der Waals surface area contributed by atoms with E-state index in [-0.39, 0.29) is 0 Å². The maximum absolute atomic E-state index is 4.69. The van der Waals surface area contributed by atoms with E-state index in [0.717, 1.165) is 49.3 Å².